The fourth-order valence-corrected chi connectivity index (χ4v) is 2.40. The van der Waals surface area contributed by atoms with Gasteiger partial charge >= 0.3 is 0 Å². The standard InChI is InChI=1S/C11H16N4OS/c1-7(2)4-9(16)12-5-10-14-15-6-8(3)13-11(15)17-10/h6-7H,4-5H2,1-3H3,(H,12,16). The van der Waals surface area contributed by atoms with E-state index in [1.165, 1.54) is 11.3 Å². The smallest absolute Gasteiger partial charge is 0.220 e. The molecule has 0 aliphatic carbocycles. The summed E-state index contributed by atoms with van der Waals surface area (Å²) in [4.78, 5) is 16.7. The van der Waals surface area contributed by atoms with E-state index < -0.39 is 0 Å². The van der Waals surface area contributed by atoms with Crippen molar-refractivity contribution in [2.45, 2.75) is 33.7 Å². The third kappa shape index (κ3) is 3.03. The summed E-state index contributed by atoms with van der Waals surface area (Å²) in [5.41, 5.74) is 0.958. The number of nitrogens with one attached hydrogen (secondary N) is 1. The van der Waals surface area contributed by atoms with Crippen molar-refractivity contribution in [3.05, 3.63) is 16.9 Å². The quantitative estimate of drug-likeness (QED) is 0.902. The molecule has 17 heavy (non-hydrogen) atoms. The maximum absolute atomic E-state index is 11.5. The Labute approximate surface area is 104 Å². The van der Waals surface area contributed by atoms with Crippen molar-refractivity contribution in [2.24, 2.45) is 5.92 Å². The highest BCUT2D eigenvalue weighted by atomic mass is 32.1. The van der Waals surface area contributed by atoms with Crippen molar-refractivity contribution in [1.29, 1.82) is 0 Å². The zero-order valence-corrected chi connectivity index (χ0v) is 11.0. The van der Waals surface area contributed by atoms with Gasteiger partial charge in [-0.3, -0.25) is 4.79 Å². The molecule has 5 nitrogen and oxygen atoms in total. The van der Waals surface area contributed by atoms with Gasteiger partial charge in [-0.05, 0) is 12.8 Å². The average molecular weight is 252 g/mol. The molecule has 2 aromatic heterocycles. The van der Waals surface area contributed by atoms with Crippen LogP contribution in [0.5, 0.6) is 0 Å². The van der Waals surface area contributed by atoms with Crippen LogP contribution in [0.25, 0.3) is 4.96 Å². The molecule has 2 rings (SSSR count). The van der Waals surface area contributed by atoms with Gasteiger partial charge in [-0.15, -0.1) is 0 Å². The van der Waals surface area contributed by atoms with Gasteiger partial charge in [-0.1, -0.05) is 25.2 Å². The normalized spacial score (nSPS) is 11.3. The van der Waals surface area contributed by atoms with Crippen molar-refractivity contribution in [3.8, 4) is 0 Å². The molecule has 6 heteroatoms. The van der Waals surface area contributed by atoms with Crippen LogP contribution in [0.2, 0.25) is 0 Å². The number of fused-ring (bicyclic) bond motifs is 1. The highest BCUT2D eigenvalue weighted by Crippen LogP contribution is 2.14. The van der Waals surface area contributed by atoms with Crippen molar-refractivity contribution in [2.75, 3.05) is 0 Å². The molecule has 1 N–H and O–H groups in total. The Morgan fingerprint density at radius 2 is 2.35 bits per heavy atom. The topological polar surface area (TPSA) is 59.3 Å². The number of imidazole rings is 1. The molecule has 0 saturated heterocycles. The predicted octanol–water partition coefficient (Wildman–Crippen LogP) is 1.76. The molecule has 0 fully saturated rings. The fraction of sp³-hybridized carbons (Fsp3) is 0.545. The molecular weight excluding hydrogens is 236 g/mol. The maximum atomic E-state index is 11.5. The van der Waals surface area contributed by atoms with Crippen molar-refractivity contribution in [3.63, 3.8) is 0 Å². The fourth-order valence-electron chi connectivity index (χ4n) is 1.54. The molecular formula is C11H16N4OS. The van der Waals surface area contributed by atoms with E-state index in [0.29, 0.717) is 18.9 Å². The number of aryl methyl sites for hydroxylation is 1. The number of nitrogens with zero attached hydrogens (tertiary/aromatic N) is 3. The summed E-state index contributed by atoms with van der Waals surface area (Å²) in [5.74, 6) is 0.454. The molecule has 0 unspecified atom stereocenters. The van der Waals surface area contributed by atoms with Crippen LogP contribution in [0, 0.1) is 12.8 Å². The minimum Gasteiger partial charge on any atom is -0.350 e. The van der Waals surface area contributed by atoms with Crippen molar-refractivity contribution >= 4 is 22.2 Å². The van der Waals surface area contributed by atoms with E-state index in [1.54, 1.807) is 4.52 Å². The first-order valence-corrected chi connectivity index (χ1v) is 6.44. The van der Waals surface area contributed by atoms with Crippen LogP contribution in [0.3, 0.4) is 0 Å². The Morgan fingerprint density at radius 3 is 3.00 bits per heavy atom. The summed E-state index contributed by atoms with van der Waals surface area (Å²) >= 11 is 1.50. The van der Waals surface area contributed by atoms with Gasteiger partial charge in [0.1, 0.15) is 5.01 Å². The number of aromatic nitrogens is 3. The number of hydrogen-bond donors (Lipinski definition) is 1. The van der Waals surface area contributed by atoms with Gasteiger partial charge in [0, 0.05) is 6.42 Å². The van der Waals surface area contributed by atoms with E-state index in [0.717, 1.165) is 15.7 Å². The van der Waals surface area contributed by atoms with Crippen LogP contribution >= 0.6 is 11.3 Å². The second-order valence-corrected chi connectivity index (χ2v) is 5.52. The molecule has 0 spiro atoms. The van der Waals surface area contributed by atoms with Crippen LogP contribution in [0.1, 0.15) is 31.0 Å². The molecule has 0 bridgehead atoms. The summed E-state index contributed by atoms with van der Waals surface area (Å²) in [5, 5.41) is 8.09. The molecule has 0 radical (unpaired) electrons. The van der Waals surface area contributed by atoms with Crippen LogP contribution in [-0.2, 0) is 11.3 Å². The highest BCUT2D eigenvalue weighted by Gasteiger charge is 2.08. The second kappa shape index (κ2) is 4.83. The summed E-state index contributed by atoms with van der Waals surface area (Å²) < 4.78 is 1.75. The number of hydrogen-bond acceptors (Lipinski definition) is 4. The summed E-state index contributed by atoms with van der Waals surface area (Å²) in [6, 6.07) is 0. The summed E-state index contributed by atoms with van der Waals surface area (Å²) in [6.07, 6.45) is 2.44. The molecule has 0 aliphatic heterocycles. The molecule has 92 valence electrons. The number of amides is 1. The monoisotopic (exact) mass is 252 g/mol. The molecule has 1 amide bonds. The first kappa shape index (κ1) is 12.0. The van der Waals surface area contributed by atoms with Gasteiger partial charge in [0.05, 0.1) is 18.4 Å². The SMILES string of the molecule is Cc1cn2nc(CNC(=O)CC(C)C)sc2n1. The number of rotatable bonds is 4. The molecule has 2 heterocycles. The lowest BCUT2D eigenvalue weighted by Gasteiger charge is -2.04. The lowest BCUT2D eigenvalue weighted by Crippen LogP contribution is -2.23. The van der Waals surface area contributed by atoms with Gasteiger partial charge in [-0.2, -0.15) is 5.10 Å². The summed E-state index contributed by atoms with van der Waals surface area (Å²) in [6.45, 7) is 6.48. The molecule has 0 aliphatic rings. The van der Waals surface area contributed by atoms with Crippen molar-refractivity contribution < 1.29 is 4.79 Å². The van der Waals surface area contributed by atoms with Crippen molar-refractivity contribution in [1.82, 2.24) is 19.9 Å². The maximum Gasteiger partial charge on any atom is 0.220 e. The van der Waals surface area contributed by atoms with E-state index in [4.69, 9.17) is 0 Å². The van der Waals surface area contributed by atoms with Crippen LogP contribution < -0.4 is 5.32 Å². The minimum absolute atomic E-state index is 0.0732. The van der Waals surface area contributed by atoms with Crippen LogP contribution in [0.4, 0.5) is 0 Å². The third-order valence-electron chi connectivity index (χ3n) is 2.24. The lowest BCUT2D eigenvalue weighted by atomic mass is 10.1. The third-order valence-corrected chi connectivity index (χ3v) is 3.16. The minimum atomic E-state index is 0.0732. The highest BCUT2D eigenvalue weighted by molar-refractivity contribution is 7.16. The second-order valence-electron chi connectivity index (χ2n) is 4.48. The Hall–Kier alpha value is -1.43. The Balaban J connectivity index is 1.94. The van der Waals surface area contributed by atoms with Gasteiger partial charge < -0.3 is 5.32 Å². The van der Waals surface area contributed by atoms with Gasteiger partial charge in [0.2, 0.25) is 10.9 Å². The first-order chi connectivity index (χ1) is 8.04. The lowest BCUT2D eigenvalue weighted by molar-refractivity contribution is -0.121. The largest absolute Gasteiger partial charge is 0.350 e. The first-order valence-electron chi connectivity index (χ1n) is 5.63. The molecule has 0 atom stereocenters. The number of carbonyl (C=O) groups excluding carboxylic acids is 1. The van der Waals surface area contributed by atoms with E-state index >= 15 is 0 Å². The Kier molecular flexibility index (Phi) is 3.42. The predicted molar refractivity (Wildman–Crippen MR) is 66.9 cm³/mol. The van der Waals surface area contributed by atoms with E-state index in [9.17, 15) is 4.79 Å². The average Bonchev–Trinajstić information content (AvgIpc) is 2.70. The summed E-state index contributed by atoms with van der Waals surface area (Å²) in [7, 11) is 0. The van der Waals surface area contributed by atoms with E-state index in [1.807, 2.05) is 27.0 Å². The van der Waals surface area contributed by atoms with E-state index in [2.05, 4.69) is 15.4 Å². The van der Waals surface area contributed by atoms with E-state index in [-0.39, 0.29) is 5.91 Å². The van der Waals surface area contributed by atoms with Gasteiger partial charge in [0.25, 0.3) is 0 Å². The molecule has 0 aromatic carbocycles. The zero-order chi connectivity index (χ0) is 12.4. The Morgan fingerprint density at radius 1 is 1.59 bits per heavy atom. The molecule has 2 aromatic rings. The number of carbonyl (C=O) groups is 1. The zero-order valence-electron chi connectivity index (χ0n) is 10.2. The van der Waals surface area contributed by atoms with Gasteiger partial charge in [-0.25, -0.2) is 9.50 Å². The molecule has 0 saturated carbocycles. The van der Waals surface area contributed by atoms with Crippen LogP contribution in [-0.4, -0.2) is 20.5 Å². The van der Waals surface area contributed by atoms with Gasteiger partial charge in [0.15, 0.2) is 0 Å². The van der Waals surface area contributed by atoms with Crippen LogP contribution in [0.15, 0.2) is 6.20 Å². The Bertz CT molecular complexity index is 497.